The van der Waals surface area contributed by atoms with Crippen LogP contribution < -0.4 is 4.72 Å². The number of aromatic nitrogens is 1. The van der Waals surface area contributed by atoms with Gasteiger partial charge in [0.25, 0.3) is 10.0 Å². The van der Waals surface area contributed by atoms with Gasteiger partial charge in [-0.3, -0.25) is 9.71 Å². The van der Waals surface area contributed by atoms with E-state index in [9.17, 15) is 8.42 Å². The molecule has 0 aliphatic rings. The van der Waals surface area contributed by atoms with E-state index in [1.54, 1.807) is 0 Å². The third-order valence-corrected chi connectivity index (χ3v) is 6.41. The zero-order chi connectivity index (χ0) is 14.9. The summed E-state index contributed by atoms with van der Waals surface area (Å²) in [4.78, 5) is 3.77. The molecule has 4 nitrogen and oxygen atoms in total. The Bertz CT molecular complexity index is 745. The van der Waals surface area contributed by atoms with Gasteiger partial charge in [0.15, 0.2) is 0 Å². The number of nitrogens with one attached hydrogen (secondary N) is 1. The van der Waals surface area contributed by atoms with Crippen molar-refractivity contribution in [2.45, 2.75) is 4.90 Å². The van der Waals surface area contributed by atoms with Crippen LogP contribution >= 0.6 is 79.4 Å². The topological polar surface area (TPSA) is 59.1 Å². The smallest absolute Gasteiger partial charge is 0.264 e. The molecule has 0 amide bonds. The number of anilines is 1. The molecule has 0 aliphatic heterocycles. The van der Waals surface area contributed by atoms with E-state index in [1.807, 2.05) is 12.1 Å². The molecule has 1 aromatic carbocycles. The normalized spacial score (nSPS) is 11.4. The summed E-state index contributed by atoms with van der Waals surface area (Å²) >= 11 is 12.3. The fraction of sp³-hybridized carbons (Fsp3) is 0. The number of hydrogen-bond acceptors (Lipinski definition) is 3. The van der Waals surface area contributed by atoms with Gasteiger partial charge in [-0.2, -0.15) is 0 Å². The second-order valence-corrected chi connectivity index (χ2v) is 9.28. The van der Waals surface area contributed by atoms with Crippen molar-refractivity contribution in [2.75, 3.05) is 4.72 Å². The predicted molar refractivity (Wildman–Crippen MR) is 105 cm³/mol. The zero-order valence-electron chi connectivity index (χ0n) is 9.57. The van der Waals surface area contributed by atoms with Crippen molar-refractivity contribution < 1.29 is 8.42 Å². The molecule has 0 unspecified atom stereocenters. The lowest BCUT2D eigenvalue weighted by Gasteiger charge is -2.12. The highest BCUT2D eigenvalue weighted by Crippen LogP contribution is 2.30. The van der Waals surface area contributed by atoms with Crippen LogP contribution in [0.5, 0.6) is 0 Å². The minimum Gasteiger partial charge on any atom is -0.277 e. The van der Waals surface area contributed by atoms with E-state index < -0.39 is 10.0 Å². The molecule has 20 heavy (non-hydrogen) atoms. The first-order valence-electron chi connectivity index (χ1n) is 5.08. The lowest BCUT2D eigenvalue weighted by Crippen LogP contribution is -2.15. The van der Waals surface area contributed by atoms with Crippen LogP contribution in [-0.2, 0) is 10.0 Å². The molecule has 0 saturated carbocycles. The minimum absolute atomic E-state index is 0.0354. The Labute approximate surface area is 162 Å². The maximum absolute atomic E-state index is 12.4. The van der Waals surface area contributed by atoms with E-state index in [0.29, 0.717) is 5.69 Å². The summed E-state index contributed by atoms with van der Waals surface area (Å²) in [6.45, 7) is 0. The Kier molecular flexibility index (Phi) is 5.76. The maximum Gasteiger partial charge on any atom is 0.264 e. The Morgan fingerprint density at radius 1 is 1.15 bits per heavy atom. The van der Waals surface area contributed by atoms with Crippen molar-refractivity contribution in [2.24, 2.45) is 0 Å². The van der Waals surface area contributed by atoms with Gasteiger partial charge in [0.2, 0.25) is 0 Å². The van der Waals surface area contributed by atoms with Crippen LogP contribution in [-0.4, -0.2) is 13.4 Å². The fourth-order valence-electron chi connectivity index (χ4n) is 1.39. The molecule has 2 aromatic rings. The van der Waals surface area contributed by atoms with Gasteiger partial charge >= 0.3 is 0 Å². The van der Waals surface area contributed by atoms with Gasteiger partial charge in [0, 0.05) is 23.1 Å². The second-order valence-electron chi connectivity index (χ2n) is 3.66. The molecule has 9 heteroatoms. The molecule has 0 fully saturated rings. The first-order valence-corrected chi connectivity index (χ1v) is 10.2. The molecular formula is C11H6ClI3N2O2S. The van der Waals surface area contributed by atoms with Crippen molar-refractivity contribution in [3.63, 3.8) is 0 Å². The summed E-state index contributed by atoms with van der Waals surface area (Å²) in [5.41, 5.74) is 0.548. The van der Waals surface area contributed by atoms with Crippen LogP contribution in [0.2, 0.25) is 5.02 Å². The number of benzene rings is 1. The predicted octanol–water partition coefficient (Wildman–Crippen LogP) is 4.35. The molecular weight excluding hydrogens is 640 g/mol. The number of pyridine rings is 1. The van der Waals surface area contributed by atoms with Gasteiger partial charge in [-0.05, 0) is 86.0 Å². The highest BCUT2D eigenvalue weighted by atomic mass is 127. The quantitative estimate of drug-likeness (QED) is 0.505. The molecule has 1 N–H and O–H groups in total. The molecule has 1 heterocycles. The summed E-state index contributed by atoms with van der Waals surface area (Å²) < 4.78 is 30.0. The van der Waals surface area contributed by atoms with Gasteiger partial charge < -0.3 is 0 Å². The number of nitrogens with zero attached hydrogens (tertiary/aromatic N) is 1. The monoisotopic (exact) mass is 646 g/mol. The summed E-state index contributed by atoms with van der Waals surface area (Å²) in [6.07, 6.45) is 2.68. The summed E-state index contributed by atoms with van der Waals surface area (Å²) in [7, 11) is -3.76. The SMILES string of the molecule is O=S(=O)(Nc1c(I)cc(I)cc1I)c1cnccc1Cl. The van der Waals surface area contributed by atoms with Crippen molar-refractivity contribution in [3.05, 3.63) is 46.3 Å². The van der Waals surface area contributed by atoms with Crippen LogP contribution in [0.15, 0.2) is 35.5 Å². The molecule has 0 spiro atoms. The third-order valence-electron chi connectivity index (χ3n) is 2.27. The molecule has 0 atom stereocenters. The van der Waals surface area contributed by atoms with Gasteiger partial charge in [-0.25, -0.2) is 8.42 Å². The van der Waals surface area contributed by atoms with E-state index in [4.69, 9.17) is 11.6 Å². The molecule has 0 bridgehead atoms. The average Bonchev–Trinajstić information content (AvgIpc) is 2.34. The second kappa shape index (κ2) is 6.79. The number of sulfonamides is 1. The zero-order valence-corrected chi connectivity index (χ0v) is 17.6. The van der Waals surface area contributed by atoms with Crippen LogP contribution in [0.1, 0.15) is 0 Å². The lowest BCUT2D eigenvalue weighted by atomic mass is 10.3. The highest BCUT2D eigenvalue weighted by molar-refractivity contribution is 14.1. The van der Waals surface area contributed by atoms with Crippen molar-refractivity contribution in [3.8, 4) is 0 Å². The van der Waals surface area contributed by atoms with Gasteiger partial charge in [-0.15, -0.1) is 0 Å². The summed E-state index contributed by atoms with van der Waals surface area (Å²) in [5, 5.41) is 0.142. The fourth-order valence-corrected chi connectivity index (χ4v) is 7.14. The lowest BCUT2D eigenvalue weighted by molar-refractivity contribution is 0.601. The summed E-state index contributed by atoms with van der Waals surface area (Å²) in [6, 6.07) is 5.23. The molecule has 0 radical (unpaired) electrons. The van der Waals surface area contributed by atoms with E-state index in [-0.39, 0.29) is 9.92 Å². The third kappa shape index (κ3) is 3.87. The Hall–Kier alpha value is 0.600. The van der Waals surface area contributed by atoms with Gasteiger partial charge in [0.05, 0.1) is 10.7 Å². The minimum atomic E-state index is -3.76. The van der Waals surface area contributed by atoms with E-state index in [1.165, 1.54) is 18.5 Å². The number of halogens is 4. The first-order chi connectivity index (χ1) is 9.31. The van der Waals surface area contributed by atoms with Crippen LogP contribution in [0.3, 0.4) is 0 Å². The van der Waals surface area contributed by atoms with Crippen LogP contribution in [0, 0.1) is 10.7 Å². The maximum atomic E-state index is 12.4. The van der Waals surface area contributed by atoms with Crippen molar-refractivity contribution in [1.82, 2.24) is 4.98 Å². The van der Waals surface area contributed by atoms with E-state index >= 15 is 0 Å². The van der Waals surface area contributed by atoms with E-state index in [2.05, 4.69) is 77.5 Å². The van der Waals surface area contributed by atoms with Crippen LogP contribution in [0.4, 0.5) is 5.69 Å². The Morgan fingerprint density at radius 3 is 2.30 bits per heavy atom. The van der Waals surface area contributed by atoms with Crippen molar-refractivity contribution >= 4 is 95.1 Å². The standard InChI is InChI=1S/C11H6ClI3N2O2S/c12-7-1-2-16-5-10(7)20(18,19)17-11-8(14)3-6(13)4-9(11)15/h1-5,17H. The Balaban J connectivity index is 2.47. The average molecular weight is 646 g/mol. The Morgan fingerprint density at radius 2 is 1.75 bits per heavy atom. The van der Waals surface area contributed by atoms with E-state index in [0.717, 1.165) is 10.7 Å². The van der Waals surface area contributed by atoms with Crippen molar-refractivity contribution in [1.29, 1.82) is 0 Å². The first kappa shape index (κ1) is 17.0. The number of hydrogen-bond donors (Lipinski definition) is 1. The molecule has 1 aromatic heterocycles. The van der Waals surface area contributed by atoms with Crippen LogP contribution in [0.25, 0.3) is 0 Å². The molecule has 0 aliphatic carbocycles. The largest absolute Gasteiger partial charge is 0.277 e. The van der Waals surface area contributed by atoms with Gasteiger partial charge in [0.1, 0.15) is 4.90 Å². The van der Waals surface area contributed by atoms with Gasteiger partial charge in [-0.1, -0.05) is 11.6 Å². The molecule has 106 valence electrons. The molecule has 0 saturated heterocycles. The number of rotatable bonds is 3. The summed E-state index contributed by atoms with van der Waals surface area (Å²) in [5.74, 6) is 0. The highest BCUT2D eigenvalue weighted by Gasteiger charge is 2.20. The molecule has 2 rings (SSSR count).